The Hall–Kier alpha value is -3.01. The zero-order valence-electron chi connectivity index (χ0n) is 12.5. The molecule has 2 aromatic carbocycles. The van der Waals surface area contributed by atoms with Crippen LogP contribution in [-0.4, -0.2) is 23.5 Å². The lowest BCUT2D eigenvalue weighted by Gasteiger charge is -2.08. The summed E-state index contributed by atoms with van der Waals surface area (Å²) in [6, 6.07) is 8.42. The third kappa shape index (κ3) is 5.53. The van der Waals surface area contributed by atoms with Crippen molar-refractivity contribution >= 4 is 39.2 Å². The highest BCUT2D eigenvalue weighted by Gasteiger charge is 2.17. The minimum Gasteiger partial charge on any atom is -0.477 e. The number of rotatable bonds is 5. The SMILES string of the molecule is O=C(COc1cc(F)ccc1[N+](=O)[O-])NC(=O)Nc1ccc(Br)cc1. The molecule has 0 aliphatic heterocycles. The summed E-state index contributed by atoms with van der Waals surface area (Å²) in [4.78, 5) is 33.4. The van der Waals surface area contributed by atoms with Crippen LogP contribution in [0.5, 0.6) is 5.75 Å². The largest absolute Gasteiger partial charge is 0.477 e. The van der Waals surface area contributed by atoms with Crippen molar-refractivity contribution in [3.8, 4) is 5.75 Å². The van der Waals surface area contributed by atoms with Gasteiger partial charge in [-0.1, -0.05) is 15.9 Å². The molecule has 2 N–H and O–H groups in total. The average molecular weight is 412 g/mol. The van der Waals surface area contributed by atoms with Gasteiger partial charge in [-0.05, 0) is 30.3 Å². The van der Waals surface area contributed by atoms with Crippen LogP contribution in [0.15, 0.2) is 46.9 Å². The van der Waals surface area contributed by atoms with E-state index in [0.29, 0.717) is 5.69 Å². The molecule has 0 atom stereocenters. The number of imide groups is 1. The monoisotopic (exact) mass is 411 g/mol. The van der Waals surface area contributed by atoms with Gasteiger partial charge >= 0.3 is 11.7 Å². The Bertz CT molecular complexity index is 813. The summed E-state index contributed by atoms with van der Waals surface area (Å²) in [7, 11) is 0. The van der Waals surface area contributed by atoms with Crippen molar-refractivity contribution in [3.63, 3.8) is 0 Å². The van der Waals surface area contributed by atoms with Crippen molar-refractivity contribution in [3.05, 3.63) is 62.9 Å². The molecule has 0 radical (unpaired) electrons. The zero-order valence-corrected chi connectivity index (χ0v) is 14.1. The van der Waals surface area contributed by atoms with Gasteiger partial charge in [0, 0.05) is 22.3 Å². The van der Waals surface area contributed by atoms with Gasteiger partial charge in [-0.2, -0.15) is 0 Å². The van der Waals surface area contributed by atoms with Gasteiger partial charge < -0.3 is 10.1 Å². The van der Waals surface area contributed by atoms with E-state index in [1.54, 1.807) is 24.3 Å². The highest BCUT2D eigenvalue weighted by Crippen LogP contribution is 2.27. The molecule has 0 unspecified atom stereocenters. The second-order valence-corrected chi connectivity index (χ2v) is 5.58. The summed E-state index contributed by atoms with van der Waals surface area (Å²) in [5, 5.41) is 15.2. The second kappa shape index (κ2) is 8.20. The second-order valence-electron chi connectivity index (χ2n) is 4.67. The van der Waals surface area contributed by atoms with Gasteiger partial charge in [-0.3, -0.25) is 20.2 Å². The summed E-state index contributed by atoms with van der Waals surface area (Å²) in [5.41, 5.74) is -0.0382. The van der Waals surface area contributed by atoms with E-state index in [1.165, 1.54) is 0 Å². The fourth-order valence-corrected chi connectivity index (χ4v) is 2.02. The fraction of sp³-hybridized carbons (Fsp3) is 0.0667. The van der Waals surface area contributed by atoms with E-state index in [-0.39, 0.29) is 0 Å². The minimum atomic E-state index is -0.854. The molecule has 0 spiro atoms. The third-order valence-corrected chi connectivity index (χ3v) is 3.36. The first-order chi connectivity index (χ1) is 11.8. The highest BCUT2D eigenvalue weighted by molar-refractivity contribution is 9.10. The first-order valence-electron chi connectivity index (χ1n) is 6.78. The Kier molecular flexibility index (Phi) is 6.01. The standard InChI is InChI=1S/C15H11BrFN3O5/c16-9-1-4-11(5-2-9)18-15(22)19-14(21)8-25-13-7-10(17)3-6-12(13)20(23)24/h1-7H,8H2,(H2,18,19,21,22). The van der Waals surface area contributed by atoms with Crippen LogP contribution in [0.4, 0.5) is 20.6 Å². The molecular formula is C15H11BrFN3O5. The van der Waals surface area contributed by atoms with Gasteiger partial charge in [-0.25, -0.2) is 9.18 Å². The fourth-order valence-electron chi connectivity index (χ4n) is 1.76. The molecule has 130 valence electrons. The lowest BCUT2D eigenvalue weighted by Crippen LogP contribution is -2.37. The molecule has 0 aromatic heterocycles. The highest BCUT2D eigenvalue weighted by atomic mass is 79.9. The van der Waals surface area contributed by atoms with Gasteiger partial charge in [0.25, 0.3) is 5.91 Å². The quantitative estimate of drug-likeness (QED) is 0.579. The number of urea groups is 1. The number of amides is 3. The van der Waals surface area contributed by atoms with E-state index in [1.807, 2.05) is 5.32 Å². The van der Waals surface area contributed by atoms with Crippen LogP contribution < -0.4 is 15.4 Å². The van der Waals surface area contributed by atoms with E-state index < -0.39 is 40.7 Å². The molecule has 0 heterocycles. The Morgan fingerprint density at radius 3 is 2.52 bits per heavy atom. The topological polar surface area (TPSA) is 111 Å². The van der Waals surface area contributed by atoms with E-state index >= 15 is 0 Å². The molecule has 0 bridgehead atoms. The number of halogens is 2. The molecule has 0 aliphatic rings. The molecule has 3 amide bonds. The smallest absolute Gasteiger partial charge is 0.325 e. The van der Waals surface area contributed by atoms with Crippen molar-refractivity contribution in [2.45, 2.75) is 0 Å². The number of benzene rings is 2. The van der Waals surface area contributed by atoms with Crippen LogP contribution in [0.3, 0.4) is 0 Å². The van der Waals surface area contributed by atoms with Crippen molar-refractivity contribution in [1.82, 2.24) is 5.32 Å². The summed E-state index contributed by atoms with van der Waals surface area (Å²) < 4.78 is 18.9. The number of nitrogens with one attached hydrogen (secondary N) is 2. The summed E-state index contributed by atoms with van der Waals surface area (Å²) in [6.45, 7) is -0.696. The molecule has 10 heteroatoms. The summed E-state index contributed by atoms with van der Waals surface area (Å²) in [5.74, 6) is -2.02. The molecule has 8 nitrogen and oxygen atoms in total. The number of carbonyl (C=O) groups excluding carboxylic acids is 2. The summed E-state index contributed by atoms with van der Waals surface area (Å²) >= 11 is 3.24. The Labute approximate surface area is 149 Å². The number of hydrogen-bond donors (Lipinski definition) is 2. The Morgan fingerprint density at radius 1 is 1.20 bits per heavy atom. The maximum Gasteiger partial charge on any atom is 0.325 e. The van der Waals surface area contributed by atoms with E-state index in [9.17, 15) is 24.1 Å². The van der Waals surface area contributed by atoms with Crippen molar-refractivity contribution in [2.75, 3.05) is 11.9 Å². The van der Waals surface area contributed by atoms with Gasteiger partial charge in [0.05, 0.1) is 4.92 Å². The van der Waals surface area contributed by atoms with Gasteiger partial charge in [0.1, 0.15) is 5.82 Å². The molecule has 2 rings (SSSR count). The maximum absolute atomic E-state index is 13.1. The van der Waals surface area contributed by atoms with Crippen molar-refractivity contribution in [1.29, 1.82) is 0 Å². The number of nitrogens with zero attached hydrogens (tertiary/aromatic N) is 1. The van der Waals surface area contributed by atoms with Crippen LogP contribution in [0.1, 0.15) is 0 Å². The number of nitro benzene ring substituents is 1. The number of nitro groups is 1. The number of carbonyl (C=O) groups is 2. The molecule has 0 saturated heterocycles. The van der Waals surface area contributed by atoms with Gasteiger partial charge in [0.2, 0.25) is 5.75 Å². The first kappa shape index (κ1) is 18.3. The van der Waals surface area contributed by atoms with Crippen LogP contribution in [0, 0.1) is 15.9 Å². The summed E-state index contributed by atoms with van der Waals surface area (Å²) in [6.07, 6.45) is 0. The van der Waals surface area contributed by atoms with Crippen LogP contribution in [0.2, 0.25) is 0 Å². The van der Waals surface area contributed by atoms with Crippen LogP contribution in [0.25, 0.3) is 0 Å². The first-order valence-corrected chi connectivity index (χ1v) is 7.57. The van der Waals surface area contributed by atoms with Crippen molar-refractivity contribution < 1.29 is 23.6 Å². The predicted molar refractivity (Wildman–Crippen MR) is 89.9 cm³/mol. The molecular weight excluding hydrogens is 401 g/mol. The molecule has 25 heavy (non-hydrogen) atoms. The molecule has 0 aliphatic carbocycles. The lowest BCUT2D eigenvalue weighted by molar-refractivity contribution is -0.385. The molecule has 2 aromatic rings. The predicted octanol–water partition coefficient (Wildman–Crippen LogP) is 3.22. The Balaban J connectivity index is 1.90. The van der Waals surface area contributed by atoms with Gasteiger partial charge in [-0.15, -0.1) is 0 Å². The van der Waals surface area contributed by atoms with Crippen molar-refractivity contribution in [2.24, 2.45) is 0 Å². The number of anilines is 1. The Morgan fingerprint density at radius 2 is 1.88 bits per heavy atom. The lowest BCUT2D eigenvalue weighted by atomic mass is 10.3. The minimum absolute atomic E-state index is 0.409. The van der Waals surface area contributed by atoms with E-state index in [2.05, 4.69) is 21.2 Å². The number of hydrogen-bond acceptors (Lipinski definition) is 5. The van der Waals surface area contributed by atoms with Gasteiger partial charge in [0.15, 0.2) is 6.61 Å². The van der Waals surface area contributed by atoms with Crippen LogP contribution in [-0.2, 0) is 4.79 Å². The number of ether oxygens (including phenoxy) is 1. The van der Waals surface area contributed by atoms with Crippen LogP contribution >= 0.6 is 15.9 Å². The normalized spacial score (nSPS) is 10.0. The maximum atomic E-state index is 13.1. The van der Waals surface area contributed by atoms with E-state index in [4.69, 9.17) is 4.74 Å². The molecule has 0 saturated carbocycles. The molecule has 0 fully saturated rings. The third-order valence-electron chi connectivity index (χ3n) is 2.83. The average Bonchev–Trinajstić information content (AvgIpc) is 2.54. The van der Waals surface area contributed by atoms with E-state index in [0.717, 1.165) is 22.7 Å². The zero-order chi connectivity index (χ0) is 18.4.